The van der Waals surface area contributed by atoms with E-state index in [9.17, 15) is 14.7 Å². The second kappa shape index (κ2) is 15.7. The van der Waals surface area contributed by atoms with Crippen LogP contribution in [-0.4, -0.2) is 53.0 Å². The Morgan fingerprint density at radius 3 is 2.51 bits per heavy atom. The number of ether oxygens (including phenoxy) is 2. The van der Waals surface area contributed by atoms with Gasteiger partial charge < -0.3 is 19.9 Å². The van der Waals surface area contributed by atoms with Crippen LogP contribution in [0.1, 0.15) is 73.3 Å². The predicted molar refractivity (Wildman–Crippen MR) is 200 cm³/mol. The van der Waals surface area contributed by atoms with Crippen molar-refractivity contribution in [3.63, 3.8) is 0 Å². The van der Waals surface area contributed by atoms with Crippen molar-refractivity contribution in [1.29, 1.82) is 0 Å². The van der Waals surface area contributed by atoms with Crippen molar-refractivity contribution >= 4 is 35.0 Å². The molecule has 51 heavy (non-hydrogen) atoms. The molecule has 3 aliphatic rings. The number of carboxylic acids is 1. The minimum Gasteiger partial charge on any atom is -0.481 e. The molecule has 0 unspecified atom stereocenters. The maximum atomic E-state index is 11.9. The standard InChI is InChI=1S/C41H43Cl2N3O5/c1-50-39-28(24-46-19-3-2-10-36(46)41(48)49)21-35(42)40(45-39)51-37-18-17-32-31(7-5-8-33(32)37)34-9-4-6-30(38(34)43)27-14-11-25(12-15-27)22-44-23-26-13-16-29(47)20-26/h4-9,11-12,14-15,21,26,36-37,44H,2-3,10,13,16-20,22-24H2,1H3,(H,48,49)/t26-,36+,37+/m1/s1. The molecule has 2 fully saturated rings. The van der Waals surface area contributed by atoms with Crippen molar-refractivity contribution in [2.75, 3.05) is 20.2 Å². The number of carbonyl (C=O) groups excluding carboxylic acids is 1. The number of nitrogens with one attached hydrogen (secondary N) is 1. The molecule has 2 heterocycles. The summed E-state index contributed by atoms with van der Waals surface area (Å²) in [6.07, 6.45) is 6.19. The third-order valence-corrected chi connectivity index (χ3v) is 11.3. The average Bonchev–Trinajstić information content (AvgIpc) is 3.75. The predicted octanol–water partition coefficient (Wildman–Crippen LogP) is 8.70. The number of benzene rings is 3. The van der Waals surface area contributed by atoms with Gasteiger partial charge in [0.05, 0.1) is 12.1 Å². The lowest BCUT2D eigenvalue weighted by Gasteiger charge is -2.33. The molecule has 3 aromatic carbocycles. The lowest BCUT2D eigenvalue weighted by atomic mass is 9.93. The summed E-state index contributed by atoms with van der Waals surface area (Å²) in [4.78, 5) is 30.1. The highest BCUT2D eigenvalue weighted by molar-refractivity contribution is 6.36. The summed E-state index contributed by atoms with van der Waals surface area (Å²) in [7, 11) is 1.55. The van der Waals surface area contributed by atoms with E-state index in [1.54, 1.807) is 13.2 Å². The lowest BCUT2D eigenvalue weighted by molar-refractivity contribution is -0.144. The van der Waals surface area contributed by atoms with Crippen LogP contribution in [0, 0.1) is 5.92 Å². The first kappa shape index (κ1) is 35.5. The summed E-state index contributed by atoms with van der Waals surface area (Å²) in [5, 5.41) is 14.3. The maximum Gasteiger partial charge on any atom is 0.320 e. The molecular formula is C41H43Cl2N3O5. The van der Waals surface area contributed by atoms with E-state index in [4.69, 9.17) is 32.7 Å². The smallest absolute Gasteiger partial charge is 0.320 e. The van der Waals surface area contributed by atoms with Gasteiger partial charge in [-0.25, -0.2) is 0 Å². The minimum absolute atomic E-state index is 0.253. The first-order chi connectivity index (χ1) is 24.8. The largest absolute Gasteiger partial charge is 0.481 e. The zero-order valence-corrected chi connectivity index (χ0v) is 30.3. The fraction of sp³-hybridized carbons (Fsp3) is 0.390. The molecule has 1 aromatic heterocycles. The number of ketones is 1. The number of nitrogens with zero attached hydrogens (tertiary/aromatic N) is 2. The van der Waals surface area contributed by atoms with E-state index in [2.05, 4.69) is 64.9 Å². The molecule has 0 bridgehead atoms. The van der Waals surface area contributed by atoms with Crippen molar-refractivity contribution in [1.82, 2.24) is 15.2 Å². The van der Waals surface area contributed by atoms with Crippen LogP contribution < -0.4 is 14.8 Å². The van der Waals surface area contributed by atoms with E-state index in [0.717, 1.165) is 85.0 Å². The van der Waals surface area contributed by atoms with E-state index in [-0.39, 0.29) is 6.10 Å². The molecule has 3 atom stereocenters. The molecule has 8 nitrogen and oxygen atoms in total. The number of aliphatic carboxylic acids is 1. The van der Waals surface area contributed by atoms with Gasteiger partial charge in [-0.1, -0.05) is 90.3 Å². The van der Waals surface area contributed by atoms with Crippen LogP contribution in [0.4, 0.5) is 0 Å². The quantitative estimate of drug-likeness (QED) is 0.150. The number of aromatic nitrogens is 1. The van der Waals surface area contributed by atoms with E-state index in [1.165, 1.54) is 11.1 Å². The Morgan fingerprint density at radius 1 is 0.961 bits per heavy atom. The normalized spacial score (nSPS) is 20.4. The Bertz CT molecular complexity index is 1920. The second-order valence-corrected chi connectivity index (χ2v) is 14.7. The number of Topliss-reactive ketones (excluding diaryl/α,β-unsaturated/α-hetero) is 1. The van der Waals surface area contributed by atoms with Gasteiger partial charge in [0.15, 0.2) is 0 Å². The summed E-state index contributed by atoms with van der Waals surface area (Å²) in [5.74, 6) is 0.697. The summed E-state index contributed by atoms with van der Waals surface area (Å²) >= 11 is 13.9. The summed E-state index contributed by atoms with van der Waals surface area (Å²) in [5.41, 5.74) is 8.28. The molecule has 1 saturated carbocycles. The van der Waals surface area contributed by atoms with Gasteiger partial charge in [0.25, 0.3) is 0 Å². The van der Waals surface area contributed by atoms with Gasteiger partial charge in [-0.05, 0) is 85.0 Å². The van der Waals surface area contributed by atoms with Crippen LogP contribution >= 0.6 is 23.2 Å². The van der Waals surface area contributed by atoms with Crippen molar-refractivity contribution < 1.29 is 24.2 Å². The number of carboxylic acid groups (broad SMARTS) is 1. The highest BCUT2D eigenvalue weighted by atomic mass is 35.5. The third-order valence-electron chi connectivity index (χ3n) is 10.6. The number of hydrogen-bond acceptors (Lipinski definition) is 7. The molecule has 0 spiro atoms. The summed E-state index contributed by atoms with van der Waals surface area (Å²) < 4.78 is 12.1. The molecule has 2 N–H and O–H groups in total. The van der Waals surface area contributed by atoms with Gasteiger partial charge in [0, 0.05) is 42.6 Å². The third kappa shape index (κ3) is 7.80. The molecule has 0 amide bonds. The Morgan fingerprint density at radius 2 is 1.75 bits per heavy atom. The number of rotatable bonds is 12. The first-order valence-corrected chi connectivity index (χ1v) is 18.6. The maximum absolute atomic E-state index is 11.9. The van der Waals surface area contributed by atoms with E-state index in [1.807, 2.05) is 11.0 Å². The van der Waals surface area contributed by atoms with Gasteiger partial charge in [0.1, 0.15) is 23.0 Å². The Labute approximate surface area is 309 Å². The topological polar surface area (TPSA) is 101 Å². The molecule has 1 saturated heterocycles. The monoisotopic (exact) mass is 727 g/mol. The molecule has 2 aliphatic carbocycles. The van der Waals surface area contributed by atoms with Crippen LogP contribution in [0.5, 0.6) is 11.8 Å². The molecule has 1 aliphatic heterocycles. The van der Waals surface area contributed by atoms with Gasteiger partial charge in [0.2, 0.25) is 11.8 Å². The highest BCUT2D eigenvalue weighted by Crippen LogP contribution is 2.45. The fourth-order valence-electron chi connectivity index (χ4n) is 7.92. The molecule has 10 heteroatoms. The number of hydrogen-bond donors (Lipinski definition) is 2. The van der Waals surface area contributed by atoms with Crippen LogP contribution in [0.15, 0.2) is 66.7 Å². The van der Waals surface area contributed by atoms with Gasteiger partial charge in [-0.3, -0.25) is 14.5 Å². The van der Waals surface area contributed by atoms with Crippen LogP contribution in [0.25, 0.3) is 22.3 Å². The SMILES string of the molecule is COc1nc(O[C@H]2CCc3c(-c4cccc(-c5ccc(CNC[C@@H]6CCC(=O)C6)cc5)c4Cl)cccc32)c(Cl)cc1CN1CCCC[C@H]1C(=O)O. The van der Waals surface area contributed by atoms with Crippen molar-refractivity contribution in [2.45, 2.75) is 76.6 Å². The summed E-state index contributed by atoms with van der Waals surface area (Å²) in [6, 6.07) is 22.2. The molecule has 4 aromatic rings. The van der Waals surface area contributed by atoms with Crippen LogP contribution in [-0.2, 0) is 29.1 Å². The van der Waals surface area contributed by atoms with E-state index < -0.39 is 12.0 Å². The number of carbonyl (C=O) groups is 2. The fourth-order valence-corrected chi connectivity index (χ4v) is 8.48. The highest BCUT2D eigenvalue weighted by Gasteiger charge is 2.31. The number of likely N-dealkylation sites (tertiary alicyclic amines) is 1. The molecule has 266 valence electrons. The van der Waals surface area contributed by atoms with Crippen LogP contribution in [0.3, 0.4) is 0 Å². The number of piperidine rings is 1. The lowest BCUT2D eigenvalue weighted by Crippen LogP contribution is -2.44. The van der Waals surface area contributed by atoms with Crippen molar-refractivity contribution in [3.05, 3.63) is 99.0 Å². The van der Waals surface area contributed by atoms with E-state index in [0.29, 0.717) is 59.4 Å². The van der Waals surface area contributed by atoms with Crippen LogP contribution in [0.2, 0.25) is 10.0 Å². The Kier molecular flexibility index (Phi) is 10.9. The van der Waals surface area contributed by atoms with E-state index >= 15 is 0 Å². The average molecular weight is 729 g/mol. The first-order valence-electron chi connectivity index (χ1n) is 17.9. The Hall–Kier alpha value is -3.95. The van der Waals surface area contributed by atoms with Crippen molar-refractivity contribution in [2.24, 2.45) is 5.92 Å². The number of methoxy groups -OCH3 is 1. The minimum atomic E-state index is -0.812. The molecule has 0 radical (unpaired) electrons. The summed E-state index contributed by atoms with van der Waals surface area (Å²) in [6.45, 7) is 2.71. The molecular weight excluding hydrogens is 685 g/mol. The van der Waals surface area contributed by atoms with Gasteiger partial charge in [-0.2, -0.15) is 4.98 Å². The zero-order chi connectivity index (χ0) is 35.5. The second-order valence-electron chi connectivity index (χ2n) is 13.9. The van der Waals surface area contributed by atoms with Crippen molar-refractivity contribution in [3.8, 4) is 34.0 Å². The zero-order valence-electron chi connectivity index (χ0n) is 28.8. The van der Waals surface area contributed by atoms with Gasteiger partial charge >= 0.3 is 5.97 Å². The molecule has 7 rings (SSSR count). The number of fused-ring (bicyclic) bond motifs is 1. The Balaban J connectivity index is 1.07. The number of halogens is 2. The number of pyridine rings is 1. The van der Waals surface area contributed by atoms with Gasteiger partial charge in [-0.15, -0.1) is 0 Å².